The molecule has 1 aliphatic carbocycles. The first kappa shape index (κ1) is 14.9. The van der Waals surface area contributed by atoms with Crippen molar-refractivity contribution in [2.75, 3.05) is 6.61 Å². The highest BCUT2D eigenvalue weighted by Gasteiger charge is 2.37. The zero-order chi connectivity index (χ0) is 14.6. The molecule has 1 aromatic rings. The minimum absolute atomic E-state index is 0.324. The van der Waals surface area contributed by atoms with Crippen molar-refractivity contribution in [3.63, 3.8) is 0 Å². The molecule has 20 heavy (non-hydrogen) atoms. The maximum absolute atomic E-state index is 11.0. The Morgan fingerprint density at radius 3 is 2.70 bits per heavy atom. The fraction of sp³-hybridized carbons (Fsp3) is 0.562. The molecule has 0 radical (unpaired) electrons. The van der Waals surface area contributed by atoms with Gasteiger partial charge in [-0.3, -0.25) is 4.79 Å². The van der Waals surface area contributed by atoms with Crippen molar-refractivity contribution in [3.05, 3.63) is 29.8 Å². The summed E-state index contributed by atoms with van der Waals surface area (Å²) in [7, 11) is 0. The van der Waals surface area contributed by atoms with E-state index in [9.17, 15) is 9.90 Å². The number of ether oxygens (including phenoxy) is 1. The van der Waals surface area contributed by atoms with E-state index in [1.165, 1.54) is 0 Å². The van der Waals surface area contributed by atoms with Crippen LogP contribution in [0.4, 0.5) is 0 Å². The standard InChI is InChI=1S/C16H22O4/c1-2-10-20-14-5-3-4-13(11-14)16(19)8-6-12(7-9-16)15(17)18/h3-5,11-12,19H,2,6-10H2,1H3,(H,17,18). The van der Waals surface area contributed by atoms with Crippen LogP contribution in [0, 0.1) is 5.92 Å². The second-order valence-electron chi connectivity index (χ2n) is 5.52. The van der Waals surface area contributed by atoms with Crippen LogP contribution < -0.4 is 4.74 Å². The smallest absolute Gasteiger partial charge is 0.306 e. The molecule has 0 heterocycles. The molecule has 2 N–H and O–H groups in total. The number of rotatable bonds is 5. The third-order valence-corrected chi connectivity index (χ3v) is 4.01. The summed E-state index contributed by atoms with van der Waals surface area (Å²) in [6, 6.07) is 7.52. The van der Waals surface area contributed by atoms with Crippen LogP contribution in [0.3, 0.4) is 0 Å². The molecule has 1 aliphatic rings. The predicted octanol–water partition coefficient (Wildman–Crippen LogP) is 2.94. The van der Waals surface area contributed by atoms with Crippen LogP contribution in [0.1, 0.15) is 44.6 Å². The van der Waals surface area contributed by atoms with Crippen LogP contribution in [0.5, 0.6) is 5.75 Å². The predicted molar refractivity (Wildman–Crippen MR) is 75.7 cm³/mol. The van der Waals surface area contributed by atoms with E-state index in [0.717, 1.165) is 17.7 Å². The first-order valence-corrected chi connectivity index (χ1v) is 7.23. The Labute approximate surface area is 119 Å². The molecule has 1 aromatic carbocycles. The van der Waals surface area contributed by atoms with Gasteiger partial charge in [0.1, 0.15) is 5.75 Å². The van der Waals surface area contributed by atoms with Gasteiger partial charge in [-0.05, 0) is 49.8 Å². The fourth-order valence-corrected chi connectivity index (χ4v) is 2.73. The van der Waals surface area contributed by atoms with E-state index >= 15 is 0 Å². The molecule has 0 spiro atoms. The molecule has 0 bridgehead atoms. The average Bonchev–Trinajstić information content (AvgIpc) is 2.46. The number of benzene rings is 1. The molecule has 0 saturated heterocycles. The van der Waals surface area contributed by atoms with Gasteiger partial charge in [-0.25, -0.2) is 0 Å². The first-order valence-electron chi connectivity index (χ1n) is 7.23. The third-order valence-electron chi connectivity index (χ3n) is 4.01. The van der Waals surface area contributed by atoms with E-state index in [4.69, 9.17) is 9.84 Å². The molecular weight excluding hydrogens is 256 g/mol. The number of carboxylic acids is 1. The molecule has 1 saturated carbocycles. The molecular formula is C16H22O4. The number of aliphatic carboxylic acids is 1. The van der Waals surface area contributed by atoms with Crippen molar-refractivity contribution >= 4 is 5.97 Å². The number of carbonyl (C=O) groups is 1. The average molecular weight is 278 g/mol. The molecule has 0 aliphatic heterocycles. The number of hydrogen-bond acceptors (Lipinski definition) is 3. The number of carboxylic acid groups (broad SMARTS) is 1. The largest absolute Gasteiger partial charge is 0.494 e. The Bertz CT molecular complexity index is 461. The number of aliphatic hydroxyl groups is 1. The summed E-state index contributed by atoms with van der Waals surface area (Å²) in [5.74, 6) is -0.319. The van der Waals surface area contributed by atoms with Gasteiger partial charge >= 0.3 is 5.97 Å². The molecule has 1 fully saturated rings. The summed E-state index contributed by atoms with van der Waals surface area (Å²) in [4.78, 5) is 11.0. The van der Waals surface area contributed by atoms with Gasteiger partial charge in [-0.1, -0.05) is 19.1 Å². The highest BCUT2D eigenvalue weighted by Crippen LogP contribution is 2.40. The van der Waals surface area contributed by atoms with Crippen molar-refractivity contribution in [1.82, 2.24) is 0 Å². The molecule has 0 aromatic heterocycles. The minimum atomic E-state index is -0.919. The minimum Gasteiger partial charge on any atom is -0.494 e. The Balaban J connectivity index is 2.09. The molecule has 0 atom stereocenters. The Morgan fingerprint density at radius 2 is 2.10 bits per heavy atom. The van der Waals surface area contributed by atoms with Crippen molar-refractivity contribution in [2.24, 2.45) is 5.92 Å². The topological polar surface area (TPSA) is 66.8 Å². The SMILES string of the molecule is CCCOc1cccc(C2(O)CCC(C(=O)O)CC2)c1. The van der Waals surface area contributed by atoms with Crippen molar-refractivity contribution < 1.29 is 19.7 Å². The van der Waals surface area contributed by atoms with Crippen LogP contribution >= 0.6 is 0 Å². The van der Waals surface area contributed by atoms with E-state index in [1.54, 1.807) is 0 Å². The second kappa shape index (κ2) is 6.27. The van der Waals surface area contributed by atoms with Gasteiger partial charge in [0.05, 0.1) is 18.1 Å². The van der Waals surface area contributed by atoms with Gasteiger partial charge in [0.2, 0.25) is 0 Å². The maximum Gasteiger partial charge on any atom is 0.306 e. The van der Waals surface area contributed by atoms with Gasteiger partial charge in [-0.15, -0.1) is 0 Å². The maximum atomic E-state index is 11.0. The Kier molecular flexibility index (Phi) is 4.65. The number of hydrogen-bond donors (Lipinski definition) is 2. The highest BCUT2D eigenvalue weighted by atomic mass is 16.5. The van der Waals surface area contributed by atoms with Crippen molar-refractivity contribution in [1.29, 1.82) is 0 Å². The summed E-state index contributed by atoms with van der Waals surface area (Å²) >= 11 is 0. The van der Waals surface area contributed by atoms with Crippen LogP contribution in [0.2, 0.25) is 0 Å². The van der Waals surface area contributed by atoms with E-state index < -0.39 is 11.6 Å². The van der Waals surface area contributed by atoms with Gasteiger partial charge in [0.25, 0.3) is 0 Å². The lowest BCUT2D eigenvalue weighted by molar-refractivity contribution is -0.145. The molecule has 0 amide bonds. The summed E-state index contributed by atoms with van der Waals surface area (Å²) in [5, 5.41) is 19.8. The van der Waals surface area contributed by atoms with Gasteiger partial charge in [0.15, 0.2) is 0 Å². The van der Waals surface area contributed by atoms with Crippen LogP contribution in [-0.4, -0.2) is 22.8 Å². The Morgan fingerprint density at radius 1 is 1.40 bits per heavy atom. The lowest BCUT2D eigenvalue weighted by Crippen LogP contribution is -2.33. The van der Waals surface area contributed by atoms with Gasteiger partial charge in [-0.2, -0.15) is 0 Å². The van der Waals surface area contributed by atoms with E-state index in [2.05, 4.69) is 0 Å². The van der Waals surface area contributed by atoms with E-state index in [-0.39, 0.29) is 5.92 Å². The van der Waals surface area contributed by atoms with Gasteiger partial charge < -0.3 is 14.9 Å². The van der Waals surface area contributed by atoms with Crippen LogP contribution in [0.15, 0.2) is 24.3 Å². The molecule has 0 unspecified atom stereocenters. The van der Waals surface area contributed by atoms with Crippen molar-refractivity contribution in [2.45, 2.75) is 44.6 Å². The highest BCUT2D eigenvalue weighted by molar-refractivity contribution is 5.70. The van der Waals surface area contributed by atoms with E-state index in [1.807, 2.05) is 31.2 Å². The normalized spacial score (nSPS) is 26.2. The summed E-state index contributed by atoms with van der Waals surface area (Å²) in [6.07, 6.45) is 2.95. The molecule has 4 heteroatoms. The Hall–Kier alpha value is -1.55. The zero-order valence-electron chi connectivity index (χ0n) is 11.8. The van der Waals surface area contributed by atoms with Crippen LogP contribution in [0.25, 0.3) is 0 Å². The van der Waals surface area contributed by atoms with Gasteiger partial charge in [0, 0.05) is 0 Å². The lowest BCUT2D eigenvalue weighted by atomic mass is 9.75. The fourth-order valence-electron chi connectivity index (χ4n) is 2.73. The van der Waals surface area contributed by atoms with Crippen LogP contribution in [-0.2, 0) is 10.4 Å². The third kappa shape index (κ3) is 3.31. The molecule has 2 rings (SSSR count). The molecule has 110 valence electrons. The summed E-state index contributed by atoms with van der Waals surface area (Å²) in [6.45, 7) is 2.70. The zero-order valence-corrected chi connectivity index (χ0v) is 11.8. The first-order chi connectivity index (χ1) is 9.55. The summed E-state index contributed by atoms with van der Waals surface area (Å²) < 4.78 is 5.59. The molecule has 4 nitrogen and oxygen atoms in total. The van der Waals surface area contributed by atoms with Crippen molar-refractivity contribution in [3.8, 4) is 5.75 Å². The monoisotopic (exact) mass is 278 g/mol. The second-order valence-corrected chi connectivity index (χ2v) is 5.52. The summed E-state index contributed by atoms with van der Waals surface area (Å²) in [5.41, 5.74) is -0.0905. The van der Waals surface area contributed by atoms with E-state index in [0.29, 0.717) is 32.3 Å². The lowest BCUT2D eigenvalue weighted by Gasteiger charge is -2.35. The quantitative estimate of drug-likeness (QED) is 0.869.